The first-order chi connectivity index (χ1) is 12.6. The zero-order chi connectivity index (χ0) is 18.1. The Labute approximate surface area is 159 Å². The molecule has 1 N–H and O–H groups in total. The van der Waals surface area contributed by atoms with Gasteiger partial charge in [-0.15, -0.1) is 11.3 Å². The number of hydrogen-bond donors (Lipinski definition) is 1. The average Bonchev–Trinajstić information content (AvgIpc) is 3.00. The van der Waals surface area contributed by atoms with Crippen LogP contribution in [0.2, 0.25) is 0 Å². The van der Waals surface area contributed by atoms with Crippen LogP contribution in [0.25, 0.3) is 10.2 Å². The smallest absolute Gasteiger partial charge is 0.261 e. The van der Waals surface area contributed by atoms with Crippen LogP contribution >= 0.6 is 11.3 Å². The summed E-state index contributed by atoms with van der Waals surface area (Å²) in [7, 11) is 0. The summed E-state index contributed by atoms with van der Waals surface area (Å²) in [5.74, 6) is 1.07. The Hall–Kier alpha value is -1.69. The van der Waals surface area contributed by atoms with Crippen molar-refractivity contribution < 1.29 is 4.79 Å². The zero-order valence-electron chi connectivity index (χ0n) is 15.8. The van der Waals surface area contributed by atoms with Crippen molar-refractivity contribution in [2.24, 2.45) is 0 Å². The summed E-state index contributed by atoms with van der Waals surface area (Å²) in [5.41, 5.74) is 1.03. The van der Waals surface area contributed by atoms with Crippen molar-refractivity contribution in [2.75, 3.05) is 11.4 Å². The molecule has 26 heavy (non-hydrogen) atoms. The molecule has 6 heteroatoms. The van der Waals surface area contributed by atoms with Gasteiger partial charge in [-0.1, -0.05) is 19.3 Å². The summed E-state index contributed by atoms with van der Waals surface area (Å²) in [5, 5.41) is 4.32. The fourth-order valence-corrected chi connectivity index (χ4v) is 5.44. The van der Waals surface area contributed by atoms with Gasteiger partial charge < -0.3 is 10.2 Å². The van der Waals surface area contributed by atoms with Crippen molar-refractivity contribution in [2.45, 2.75) is 77.3 Å². The number of amides is 1. The minimum absolute atomic E-state index is 0.0649. The number of anilines is 1. The number of carbonyl (C=O) groups is 1. The Bertz CT molecular complexity index is 796. The molecule has 4 rings (SSSR count). The number of piperidine rings is 1. The fraction of sp³-hybridized carbons (Fsp3) is 0.650. The summed E-state index contributed by atoms with van der Waals surface area (Å²) < 4.78 is 0. The summed E-state index contributed by atoms with van der Waals surface area (Å²) in [6.45, 7) is 5.35. The lowest BCUT2D eigenvalue weighted by Gasteiger charge is -2.34. The van der Waals surface area contributed by atoms with Crippen molar-refractivity contribution in [3.05, 3.63) is 16.8 Å². The van der Waals surface area contributed by atoms with Crippen LogP contribution in [0.3, 0.4) is 0 Å². The monoisotopic (exact) mass is 372 g/mol. The van der Waals surface area contributed by atoms with Crippen molar-refractivity contribution in [3.63, 3.8) is 0 Å². The fourth-order valence-electron chi connectivity index (χ4n) is 4.40. The normalized spacial score (nSPS) is 21.9. The quantitative estimate of drug-likeness (QED) is 0.865. The van der Waals surface area contributed by atoms with Crippen LogP contribution in [-0.4, -0.2) is 34.5 Å². The van der Waals surface area contributed by atoms with Gasteiger partial charge >= 0.3 is 0 Å². The Morgan fingerprint density at radius 2 is 1.92 bits per heavy atom. The number of rotatable bonds is 3. The molecule has 2 fully saturated rings. The molecule has 1 amide bonds. The maximum atomic E-state index is 12.9. The maximum absolute atomic E-state index is 12.9. The predicted octanol–water partition coefficient (Wildman–Crippen LogP) is 4.44. The van der Waals surface area contributed by atoms with E-state index in [1.165, 1.54) is 49.9 Å². The lowest BCUT2D eigenvalue weighted by atomic mass is 9.95. The highest BCUT2D eigenvalue weighted by molar-refractivity contribution is 7.20. The Balaban J connectivity index is 1.66. The summed E-state index contributed by atoms with van der Waals surface area (Å²) >= 11 is 1.51. The van der Waals surface area contributed by atoms with Gasteiger partial charge in [-0.05, 0) is 51.5 Å². The third-order valence-corrected chi connectivity index (χ3v) is 7.13. The van der Waals surface area contributed by atoms with Gasteiger partial charge in [0.05, 0.1) is 10.3 Å². The van der Waals surface area contributed by atoms with Gasteiger partial charge in [-0.3, -0.25) is 4.79 Å². The number of aromatic nitrogens is 2. The molecular weight excluding hydrogens is 344 g/mol. The third kappa shape index (κ3) is 3.31. The molecule has 1 aliphatic carbocycles. The second-order valence-electron chi connectivity index (χ2n) is 7.78. The molecule has 2 aliphatic rings. The van der Waals surface area contributed by atoms with E-state index in [9.17, 15) is 4.79 Å². The number of nitrogens with one attached hydrogen (secondary N) is 1. The molecule has 1 saturated heterocycles. The second kappa shape index (κ2) is 7.51. The Morgan fingerprint density at radius 3 is 2.69 bits per heavy atom. The molecule has 3 heterocycles. The van der Waals surface area contributed by atoms with Gasteiger partial charge in [0.15, 0.2) is 0 Å². The van der Waals surface area contributed by atoms with Crippen molar-refractivity contribution >= 4 is 33.3 Å². The van der Waals surface area contributed by atoms with Gasteiger partial charge in [-0.2, -0.15) is 0 Å². The van der Waals surface area contributed by atoms with Crippen LogP contribution in [-0.2, 0) is 0 Å². The van der Waals surface area contributed by atoms with E-state index in [1.54, 1.807) is 6.33 Å². The van der Waals surface area contributed by atoms with Gasteiger partial charge in [0.25, 0.3) is 5.91 Å². The lowest BCUT2D eigenvalue weighted by molar-refractivity contribution is 0.0931. The first-order valence-corrected chi connectivity index (χ1v) is 10.8. The van der Waals surface area contributed by atoms with Crippen molar-refractivity contribution in [3.8, 4) is 0 Å². The molecule has 1 atom stereocenters. The van der Waals surface area contributed by atoms with E-state index in [0.29, 0.717) is 12.1 Å². The van der Waals surface area contributed by atoms with Crippen molar-refractivity contribution in [1.82, 2.24) is 15.3 Å². The molecule has 5 nitrogen and oxygen atoms in total. The highest BCUT2D eigenvalue weighted by Gasteiger charge is 2.26. The van der Waals surface area contributed by atoms with Crippen LogP contribution in [0.1, 0.15) is 73.5 Å². The summed E-state index contributed by atoms with van der Waals surface area (Å²) in [4.78, 5) is 26.1. The average molecular weight is 373 g/mol. The number of aryl methyl sites for hydroxylation is 1. The molecule has 1 saturated carbocycles. The molecule has 2 aromatic rings. The molecule has 0 spiro atoms. The summed E-state index contributed by atoms with van der Waals surface area (Å²) in [6, 6.07) is 0.814. The van der Waals surface area contributed by atoms with Gasteiger partial charge in [0, 0.05) is 18.6 Å². The van der Waals surface area contributed by atoms with Crippen molar-refractivity contribution in [1.29, 1.82) is 0 Å². The van der Waals surface area contributed by atoms with E-state index < -0.39 is 0 Å². The lowest BCUT2D eigenvalue weighted by Crippen LogP contribution is -2.38. The topological polar surface area (TPSA) is 58.1 Å². The van der Waals surface area contributed by atoms with E-state index >= 15 is 0 Å². The van der Waals surface area contributed by atoms with E-state index in [4.69, 9.17) is 0 Å². The van der Waals surface area contributed by atoms with Crippen LogP contribution in [0, 0.1) is 6.92 Å². The number of carbonyl (C=O) groups excluding carboxylic acids is 1. The zero-order valence-corrected chi connectivity index (χ0v) is 16.6. The highest BCUT2D eigenvalue weighted by atomic mass is 32.1. The van der Waals surface area contributed by atoms with Gasteiger partial charge in [0.1, 0.15) is 17.0 Å². The van der Waals surface area contributed by atoms with E-state index in [0.717, 1.165) is 45.9 Å². The molecule has 2 aromatic heterocycles. The van der Waals surface area contributed by atoms with E-state index in [1.807, 2.05) is 0 Å². The van der Waals surface area contributed by atoms with Crippen LogP contribution < -0.4 is 10.2 Å². The minimum Gasteiger partial charge on any atom is -0.353 e. The standard InChI is InChI=1S/C20H28N4OS/c1-13-8-6-7-11-24(13)18-16-14(2)17(26-20(16)22-12-21-18)19(25)23-15-9-4-3-5-10-15/h12-13,15H,3-11H2,1-2H3,(H,23,25). The Kier molecular flexibility index (Phi) is 5.11. The number of thiophene rings is 1. The van der Waals surface area contributed by atoms with E-state index in [2.05, 4.69) is 34.0 Å². The van der Waals surface area contributed by atoms with Crippen LogP contribution in [0.4, 0.5) is 5.82 Å². The first kappa shape index (κ1) is 17.7. The SMILES string of the molecule is Cc1c(C(=O)NC2CCCCC2)sc2ncnc(N3CCCCC3C)c12. The third-order valence-electron chi connectivity index (χ3n) is 5.93. The molecule has 0 aromatic carbocycles. The Morgan fingerprint density at radius 1 is 1.15 bits per heavy atom. The molecule has 1 aliphatic heterocycles. The number of fused-ring (bicyclic) bond motifs is 1. The number of nitrogens with zero attached hydrogens (tertiary/aromatic N) is 3. The van der Waals surface area contributed by atoms with Crippen LogP contribution in [0.5, 0.6) is 0 Å². The first-order valence-electron chi connectivity index (χ1n) is 9.96. The van der Waals surface area contributed by atoms with Crippen LogP contribution in [0.15, 0.2) is 6.33 Å². The van der Waals surface area contributed by atoms with E-state index in [-0.39, 0.29) is 5.91 Å². The molecular formula is C20H28N4OS. The van der Waals surface area contributed by atoms with Gasteiger partial charge in [-0.25, -0.2) is 9.97 Å². The highest BCUT2D eigenvalue weighted by Crippen LogP contribution is 2.37. The summed E-state index contributed by atoms with van der Waals surface area (Å²) in [6.07, 6.45) is 11.3. The molecule has 0 radical (unpaired) electrons. The largest absolute Gasteiger partial charge is 0.353 e. The van der Waals surface area contributed by atoms with Gasteiger partial charge in [0.2, 0.25) is 0 Å². The second-order valence-corrected chi connectivity index (χ2v) is 8.78. The minimum atomic E-state index is 0.0649. The molecule has 140 valence electrons. The maximum Gasteiger partial charge on any atom is 0.261 e. The molecule has 1 unspecified atom stereocenters. The predicted molar refractivity (Wildman–Crippen MR) is 107 cm³/mol. The number of hydrogen-bond acceptors (Lipinski definition) is 5. The molecule has 0 bridgehead atoms.